The van der Waals surface area contributed by atoms with Crippen molar-refractivity contribution in [3.63, 3.8) is 0 Å². The minimum atomic E-state index is -3.04. The maximum absolute atomic E-state index is 15.7. The van der Waals surface area contributed by atoms with Crippen LogP contribution >= 0.6 is 0 Å². The first kappa shape index (κ1) is 31.0. The van der Waals surface area contributed by atoms with Crippen LogP contribution in [-0.2, 0) is 32.0 Å². The number of amides is 1. The van der Waals surface area contributed by atoms with E-state index in [9.17, 15) is 14.7 Å². The number of carbonyl (C=O) groups is 2. The van der Waals surface area contributed by atoms with Gasteiger partial charge in [0.25, 0.3) is 0 Å². The maximum atomic E-state index is 15.7. The number of hydrogen-bond donors (Lipinski definition) is 1. The molecule has 0 bridgehead atoms. The molecule has 0 aliphatic carbocycles. The Morgan fingerprint density at radius 2 is 1.93 bits per heavy atom. The van der Waals surface area contributed by atoms with E-state index >= 15 is 4.11 Å². The van der Waals surface area contributed by atoms with Crippen molar-refractivity contribution in [3.8, 4) is 0 Å². The highest BCUT2D eigenvalue weighted by Crippen LogP contribution is 2.47. The molecular weight excluding hydrogens is 567 g/mol. The molecule has 2 aliphatic heterocycles. The average molecular weight is 609 g/mol. The van der Waals surface area contributed by atoms with Gasteiger partial charge in [0.1, 0.15) is 0 Å². The molecule has 1 amide bonds. The minimum Gasteiger partial charge on any atom is -0.441 e. The molecule has 2 fully saturated rings. The molecular formula is C32H41FN4O5Si. The fourth-order valence-corrected chi connectivity index (χ4v) is 9.29. The van der Waals surface area contributed by atoms with E-state index in [2.05, 4.69) is 17.2 Å². The van der Waals surface area contributed by atoms with Crippen molar-refractivity contribution < 1.29 is 28.3 Å². The zero-order valence-electron chi connectivity index (χ0n) is 25.2. The molecule has 0 saturated carbocycles. The second-order valence-corrected chi connectivity index (χ2v) is 16.0. The number of nitrogens with zero attached hydrogens (tertiary/aromatic N) is 4. The summed E-state index contributed by atoms with van der Waals surface area (Å²) in [7, 11) is -3.04. The van der Waals surface area contributed by atoms with Crippen molar-refractivity contribution in [1.82, 2.24) is 15.0 Å². The molecule has 2 aliphatic rings. The van der Waals surface area contributed by atoms with Gasteiger partial charge in [-0.3, -0.25) is 19.2 Å². The predicted octanol–water partition coefficient (Wildman–Crippen LogP) is 5.00. The van der Waals surface area contributed by atoms with Gasteiger partial charge in [-0.05, 0) is 61.5 Å². The fraction of sp³-hybridized carbons (Fsp3) is 0.500. The Morgan fingerprint density at radius 1 is 1.16 bits per heavy atom. The number of hydrogen-bond acceptors (Lipinski definition) is 7. The Morgan fingerprint density at radius 3 is 2.60 bits per heavy atom. The van der Waals surface area contributed by atoms with Gasteiger partial charge in [0.2, 0.25) is 14.3 Å². The molecule has 5 rings (SSSR count). The Labute approximate surface area is 253 Å². The van der Waals surface area contributed by atoms with Crippen LogP contribution in [-0.4, -0.2) is 65.4 Å². The number of benzene rings is 2. The number of aromatic nitrogens is 3. The Hall–Kier alpha value is -3.41. The van der Waals surface area contributed by atoms with Crippen LogP contribution in [0.3, 0.4) is 0 Å². The number of halogens is 1. The molecule has 2 aromatic carbocycles. The van der Waals surface area contributed by atoms with Crippen LogP contribution in [0, 0.1) is 5.92 Å². The third kappa shape index (κ3) is 7.05. The number of ether oxygens (including phenoxy) is 2. The number of aliphatic hydroxyl groups is 1. The number of carbonyl (C=O) groups excluding carboxylic acids is 2. The number of aryl methyl sites for hydroxylation is 2. The summed E-state index contributed by atoms with van der Waals surface area (Å²) in [6.07, 6.45) is 3.23. The first-order valence-electron chi connectivity index (χ1n) is 15.0. The van der Waals surface area contributed by atoms with E-state index in [1.54, 1.807) is 17.8 Å². The van der Waals surface area contributed by atoms with Gasteiger partial charge in [-0.25, -0.2) is 0 Å². The lowest BCUT2D eigenvalue weighted by Crippen LogP contribution is -2.54. The molecule has 9 nitrogen and oxygen atoms in total. The Balaban J connectivity index is 1.22. The monoisotopic (exact) mass is 608 g/mol. The van der Waals surface area contributed by atoms with Crippen LogP contribution in [0.2, 0.25) is 18.6 Å². The van der Waals surface area contributed by atoms with Crippen LogP contribution in [0.1, 0.15) is 55.8 Å². The van der Waals surface area contributed by atoms with Crippen molar-refractivity contribution in [2.45, 2.75) is 89.1 Å². The van der Waals surface area contributed by atoms with E-state index in [4.69, 9.17) is 9.47 Å². The van der Waals surface area contributed by atoms with Crippen LogP contribution in [0.4, 0.5) is 9.80 Å². The summed E-state index contributed by atoms with van der Waals surface area (Å²) in [4.78, 5) is 25.2. The van der Waals surface area contributed by atoms with E-state index in [0.717, 1.165) is 17.5 Å². The van der Waals surface area contributed by atoms with Gasteiger partial charge in [0, 0.05) is 30.9 Å². The van der Waals surface area contributed by atoms with E-state index in [-0.39, 0.29) is 48.5 Å². The second-order valence-electron chi connectivity index (χ2n) is 12.2. The van der Waals surface area contributed by atoms with Gasteiger partial charge in [-0.1, -0.05) is 54.6 Å². The van der Waals surface area contributed by atoms with E-state index in [0.29, 0.717) is 30.8 Å². The first-order chi connectivity index (χ1) is 20.5. The lowest BCUT2D eigenvalue weighted by molar-refractivity contribution is -0.153. The summed E-state index contributed by atoms with van der Waals surface area (Å²) in [5.74, 6) is -0.686. The summed E-state index contributed by atoms with van der Waals surface area (Å²) in [6, 6.07) is 17.4. The molecule has 43 heavy (non-hydrogen) atoms. The number of esters is 1. The van der Waals surface area contributed by atoms with Gasteiger partial charge in [0.15, 0.2) is 6.23 Å². The van der Waals surface area contributed by atoms with Crippen molar-refractivity contribution in [3.05, 3.63) is 77.6 Å². The standard InChI is InChI=1S/C32H41FN4O5Si/c1-21-28(14-13-23-9-8-12-25(17-23)37-30(40)18-31(37)41-22(2)39)42-29(32(21)43(3,4)33)15-16-36-19-27(34-35-36)26(20-38)24-10-6-5-7-11-24/h5-12,17,19,21,26,28-29,31-32,38H,13-16,18,20H2,1-4H3/t21-,26?,28+,29-,31?,32+/m1/s1. The topological polar surface area (TPSA) is 107 Å². The molecule has 2 saturated heterocycles. The third-order valence-electron chi connectivity index (χ3n) is 8.75. The molecule has 1 N–H and O–H groups in total. The third-order valence-corrected chi connectivity index (χ3v) is 11.2. The van der Waals surface area contributed by atoms with Crippen molar-refractivity contribution >= 4 is 26.0 Å². The predicted molar refractivity (Wildman–Crippen MR) is 163 cm³/mol. The van der Waals surface area contributed by atoms with Gasteiger partial charge in [-0.2, -0.15) is 0 Å². The molecule has 6 atom stereocenters. The van der Waals surface area contributed by atoms with Crippen molar-refractivity contribution in [2.24, 2.45) is 5.92 Å². The Kier molecular flexibility index (Phi) is 9.43. The average Bonchev–Trinajstić information content (AvgIpc) is 3.55. The van der Waals surface area contributed by atoms with Crippen LogP contribution in [0.25, 0.3) is 0 Å². The lowest BCUT2D eigenvalue weighted by atomic mass is 9.95. The SMILES string of the molecule is CC(=O)OC1CC(=O)N1c1cccc(CC[C@@H]2O[C@H](CCn3cc(C(CO)c4ccccc4)nn3)[C@@H]([Si](C)(C)F)[C@@H]2C)c1. The molecule has 2 unspecified atom stereocenters. The molecule has 11 heteroatoms. The maximum Gasteiger partial charge on any atom is 0.304 e. The highest BCUT2D eigenvalue weighted by Gasteiger charge is 2.50. The zero-order valence-corrected chi connectivity index (χ0v) is 26.2. The van der Waals surface area contributed by atoms with E-state index in [1.165, 1.54) is 11.8 Å². The number of rotatable bonds is 12. The fourth-order valence-electron chi connectivity index (χ4n) is 6.70. The van der Waals surface area contributed by atoms with Crippen molar-refractivity contribution in [1.29, 1.82) is 0 Å². The number of β-lactam (4-membered cyclic amide) rings is 1. The quantitative estimate of drug-likeness (QED) is 0.134. The van der Waals surface area contributed by atoms with Crippen LogP contribution in [0.15, 0.2) is 60.8 Å². The zero-order chi connectivity index (χ0) is 30.7. The highest BCUT2D eigenvalue weighted by molar-refractivity contribution is 6.72. The summed E-state index contributed by atoms with van der Waals surface area (Å²) in [5, 5.41) is 18.6. The molecule has 3 aromatic rings. The van der Waals surface area contributed by atoms with Gasteiger partial charge in [0.05, 0.1) is 36.8 Å². The Bertz CT molecular complexity index is 1410. The van der Waals surface area contributed by atoms with Gasteiger partial charge in [-0.15, -0.1) is 5.10 Å². The van der Waals surface area contributed by atoms with E-state index in [1.807, 2.05) is 60.8 Å². The summed E-state index contributed by atoms with van der Waals surface area (Å²) < 4.78 is 29.3. The highest BCUT2D eigenvalue weighted by atomic mass is 28.4. The van der Waals surface area contributed by atoms with E-state index < -0.39 is 20.6 Å². The lowest BCUT2D eigenvalue weighted by Gasteiger charge is -2.39. The normalized spacial score (nSPS) is 24.6. The summed E-state index contributed by atoms with van der Waals surface area (Å²) in [6.45, 7) is 7.44. The summed E-state index contributed by atoms with van der Waals surface area (Å²) in [5.41, 5.74) is 3.27. The van der Waals surface area contributed by atoms with Crippen LogP contribution in [0.5, 0.6) is 0 Å². The molecule has 0 spiro atoms. The molecule has 3 heterocycles. The number of aliphatic hydroxyl groups excluding tert-OH is 1. The minimum absolute atomic E-state index is 0.0633. The second kappa shape index (κ2) is 13.1. The largest absolute Gasteiger partial charge is 0.441 e. The molecule has 0 radical (unpaired) electrons. The molecule has 1 aromatic heterocycles. The summed E-state index contributed by atoms with van der Waals surface area (Å²) >= 11 is 0. The smallest absolute Gasteiger partial charge is 0.304 e. The number of anilines is 1. The molecule has 230 valence electrons. The first-order valence-corrected chi connectivity index (χ1v) is 18.0. The van der Waals surface area contributed by atoms with Crippen molar-refractivity contribution in [2.75, 3.05) is 11.5 Å². The van der Waals surface area contributed by atoms with Crippen LogP contribution < -0.4 is 4.90 Å². The van der Waals surface area contributed by atoms with Gasteiger partial charge >= 0.3 is 5.97 Å². The van der Waals surface area contributed by atoms with Gasteiger partial charge < -0.3 is 18.7 Å².